The van der Waals surface area contributed by atoms with Crippen LogP contribution in [0.25, 0.3) is 31.9 Å². The smallest absolute Gasteiger partial charge is 0.320 e. The van der Waals surface area contributed by atoms with Gasteiger partial charge in [0.25, 0.3) is 5.78 Å². The number of hydrogen-bond acceptors (Lipinski definition) is 4. The molecule has 0 aromatic heterocycles. The summed E-state index contributed by atoms with van der Waals surface area (Å²) in [5.74, 6) is -1.27. The van der Waals surface area contributed by atoms with Gasteiger partial charge in [0.15, 0.2) is 5.78 Å². The molecule has 11 nitrogen and oxygen atoms in total. The van der Waals surface area contributed by atoms with E-state index in [9.17, 15) is 19.7 Å². The first-order valence-electron chi connectivity index (χ1n) is 3.54. The highest BCUT2D eigenvalue weighted by atomic mass is 16.6. The number of allylic oxidation sites excluding steroid dienone is 3. The summed E-state index contributed by atoms with van der Waals surface area (Å²) in [6.45, 7) is 0. The number of carbonyl (C=O) groups excluding carboxylic acids is 2. The summed E-state index contributed by atoms with van der Waals surface area (Å²) in [7, 11) is 0. The maximum Gasteiger partial charge on any atom is 0.320 e. The Hall–Kier alpha value is -3.16. The van der Waals surface area contributed by atoms with E-state index in [1.165, 1.54) is 9.82 Å². The lowest BCUT2D eigenvalue weighted by molar-refractivity contribution is -0.418. The molecule has 0 saturated carbocycles. The van der Waals surface area contributed by atoms with Crippen molar-refractivity contribution < 1.29 is 14.5 Å². The first kappa shape index (κ1) is 16.3. The second-order valence-electron chi connectivity index (χ2n) is 2.07. The van der Waals surface area contributed by atoms with Crippen LogP contribution in [0.3, 0.4) is 0 Å². The zero-order chi connectivity index (χ0) is 13.8. The molecule has 88 valence electrons. The summed E-state index contributed by atoms with van der Waals surface area (Å²) in [6.07, 6.45) is 2.60. The molecule has 0 saturated heterocycles. The molecule has 1 aliphatic rings. The van der Waals surface area contributed by atoms with Gasteiger partial charge in [-0.15, -0.1) is 0 Å². The Morgan fingerprint density at radius 1 is 1.06 bits per heavy atom. The van der Waals surface area contributed by atoms with Gasteiger partial charge in [-0.2, -0.15) is 0 Å². The van der Waals surface area contributed by atoms with Gasteiger partial charge in [0.1, 0.15) is 0 Å². The SMILES string of the molecule is O=C1C=CC(=O)C([N+](=O)[O-])=C1.[N-]=[N+]=[N-].[N-]=[N+]=[N-]. The molecule has 0 atom stereocenters. The Morgan fingerprint density at radius 3 is 1.76 bits per heavy atom. The number of ketones is 2. The molecule has 0 N–H and O–H groups in total. The maximum atomic E-state index is 10.6. The first-order chi connectivity index (χ1) is 7.94. The van der Waals surface area contributed by atoms with Gasteiger partial charge in [-0.1, -0.05) is 0 Å². The highest BCUT2D eigenvalue weighted by Crippen LogP contribution is 2.04. The summed E-state index contributed by atoms with van der Waals surface area (Å²) in [5.41, 5.74) is 26.3. The molecule has 0 spiro atoms. The van der Waals surface area contributed by atoms with Crippen molar-refractivity contribution in [2.75, 3.05) is 0 Å². The van der Waals surface area contributed by atoms with Crippen LogP contribution in [0.2, 0.25) is 0 Å². The van der Waals surface area contributed by atoms with Crippen molar-refractivity contribution in [3.63, 3.8) is 0 Å². The van der Waals surface area contributed by atoms with Crippen LogP contribution < -0.4 is 0 Å². The zero-order valence-electron chi connectivity index (χ0n) is 8.00. The highest BCUT2D eigenvalue weighted by Gasteiger charge is 2.23. The van der Waals surface area contributed by atoms with Gasteiger partial charge >= 0.3 is 5.70 Å². The Morgan fingerprint density at radius 2 is 1.47 bits per heavy atom. The molecule has 0 unspecified atom stereocenters. The molecule has 0 bridgehead atoms. The van der Waals surface area contributed by atoms with Crippen molar-refractivity contribution in [1.29, 1.82) is 0 Å². The standard InChI is InChI=1S/C6H3NO4.2N3/c8-4-1-2-6(9)5(3-4)7(10)11;2*1-3-2/h1-3H;;/q;2*-1. The predicted octanol–water partition coefficient (Wildman–Crippen LogP) is 1.59. The van der Waals surface area contributed by atoms with E-state index in [-0.39, 0.29) is 0 Å². The van der Waals surface area contributed by atoms with Crippen LogP contribution in [-0.2, 0) is 9.59 Å². The van der Waals surface area contributed by atoms with Crippen molar-refractivity contribution in [3.8, 4) is 0 Å². The van der Waals surface area contributed by atoms with Crippen molar-refractivity contribution in [3.05, 3.63) is 66.0 Å². The van der Waals surface area contributed by atoms with E-state index < -0.39 is 22.2 Å². The normalized spacial score (nSPS) is 11.6. The van der Waals surface area contributed by atoms with Crippen molar-refractivity contribution >= 4 is 11.6 Å². The van der Waals surface area contributed by atoms with E-state index in [1.54, 1.807) is 0 Å². The largest absolute Gasteiger partial charge is 0.373 e. The van der Waals surface area contributed by atoms with Crippen LogP contribution in [-0.4, -0.2) is 16.5 Å². The second kappa shape index (κ2) is 9.40. The number of nitro groups is 1. The van der Waals surface area contributed by atoms with E-state index in [0.717, 1.165) is 12.2 Å². The van der Waals surface area contributed by atoms with Crippen LogP contribution in [0.1, 0.15) is 0 Å². The van der Waals surface area contributed by atoms with Gasteiger partial charge in [0, 0.05) is 0 Å². The Balaban J connectivity index is 0. The van der Waals surface area contributed by atoms with E-state index in [2.05, 4.69) is 0 Å². The molecule has 1 aliphatic carbocycles. The minimum Gasteiger partial charge on any atom is -0.373 e. The van der Waals surface area contributed by atoms with Gasteiger partial charge in [0.05, 0.1) is 11.0 Å². The maximum absolute atomic E-state index is 10.6. The topological polar surface area (TPSA) is 195 Å². The third kappa shape index (κ3) is 7.88. The molecule has 0 radical (unpaired) electrons. The first-order valence-corrected chi connectivity index (χ1v) is 3.54. The van der Waals surface area contributed by atoms with Crippen molar-refractivity contribution in [2.45, 2.75) is 0 Å². The molecule has 11 heteroatoms. The fraction of sp³-hybridized carbons (Fsp3) is 0. The van der Waals surface area contributed by atoms with E-state index in [0.29, 0.717) is 6.08 Å². The third-order valence-electron chi connectivity index (χ3n) is 1.13. The monoisotopic (exact) mass is 237 g/mol. The summed E-state index contributed by atoms with van der Waals surface area (Å²) in [4.78, 5) is 33.3. The summed E-state index contributed by atoms with van der Waals surface area (Å²) >= 11 is 0. The van der Waals surface area contributed by atoms with Gasteiger partial charge < -0.3 is 22.1 Å². The Labute approximate surface area is 93.0 Å². The van der Waals surface area contributed by atoms with Crippen LogP contribution in [0, 0.1) is 10.1 Å². The molecule has 17 heavy (non-hydrogen) atoms. The lowest BCUT2D eigenvalue weighted by atomic mass is 10.1. The van der Waals surface area contributed by atoms with E-state index >= 15 is 0 Å². The quantitative estimate of drug-likeness (QED) is 0.167. The average Bonchev–Trinajstić information content (AvgIpc) is 2.23. The molecule has 0 aliphatic heterocycles. The van der Waals surface area contributed by atoms with Gasteiger partial charge in [-0.3, -0.25) is 29.5 Å². The van der Waals surface area contributed by atoms with E-state index in [1.807, 2.05) is 0 Å². The minimum atomic E-state index is -0.871. The molecule has 1 rings (SSSR count). The van der Waals surface area contributed by atoms with Gasteiger partial charge in [0.2, 0.25) is 0 Å². The Bertz CT molecular complexity index is 439. The fourth-order valence-corrected chi connectivity index (χ4v) is 0.640. The Kier molecular flexibility index (Phi) is 9.00. The predicted molar refractivity (Wildman–Crippen MR) is 54.4 cm³/mol. The molecule has 0 amide bonds. The molecule has 0 aromatic rings. The van der Waals surface area contributed by atoms with Crippen LogP contribution in [0.5, 0.6) is 0 Å². The number of rotatable bonds is 1. The number of nitrogens with zero attached hydrogens (tertiary/aromatic N) is 7. The lowest BCUT2D eigenvalue weighted by Gasteiger charge is -1.95. The minimum absolute atomic E-state index is 0.531. The molecular formula is C6H3N7O4-2. The van der Waals surface area contributed by atoms with Crippen LogP contribution in [0.4, 0.5) is 0 Å². The summed E-state index contributed by atoms with van der Waals surface area (Å²) in [5, 5.41) is 10.0. The fourth-order valence-electron chi connectivity index (χ4n) is 0.640. The molecular weight excluding hydrogens is 234 g/mol. The van der Waals surface area contributed by atoms with E-state index in [4.69, 9.17) is 22.1 Å². The zero-order valence-corrected chi connectivity index (χ0v) is 8.00. The average molecular weight is 237 g/mol. The lowest BCUT2D eigenvalue weighted by Crippen LogP contribution is -2.14. The van der Waals surface area contributed by atoms with Crippen LogP contribution >= 0.6 is 0 Å². The molecule has 0 fully saturated rings. The molecule has 0 aromatic carbocycles. The highest BCUT2D eigenvalue weighted by molar-refractivity contribution is 6.16. The van der Waals surface area contributed by atoms with Gasteiger partial charge in [-0.25, -0.2) is 0 Å². The van der Waals surface area contributed by atoms with Crippen molar-refractivity contribution in [2.24, 2.45) is 0 Å². The summed E-state index contributed by atoms with van der Waals surface area (Å²) in [6, 6.07) is 0. The summed E-state index contributed by atoms with van der Waals surface area (Å²) < 4.78 is 0. The van der Waals surface area contributed by atoms with Crippen LogP contribution in [0.15, 0.2) is 23.9 Å². The number of hydrogen-bond donors (Lipinski definition) is 0. The second-order valence-corrected chi connectivity index (χ2v) is 2.07. The van der Waals surface area contributed by atoms with Crippen molar-refractivity contribution in [1.82, 2.24) is 0 Å². The van der Waals surface area contributed by atoms with Gasteiger partial charge in [-0.05, 0) is 12.2 Å². The molecule has 0 heterocycles. The third-order valence-corrected chi connectivity index (χ3v) is 1.13. The number of carbonyl (C=O) groups is 2.